The minimum absolute atomic E-state index is 0.0887. The van der Waals surface area contributed by atoms with Crippen LogP contribution in [0, 0.1) is 11.3 Å². The maximum atomic E-state index is 12.9. The Balaban J connectivity index is 2.15. The van der Waals surface area contributed by atoms with Crippen LogP contribution >= 0.6 is 15.9 Å². The number of phenolic OH excluding ortho intramolecular Hbond substituents is 1. The standard InChI is InChI=1S/C21H15BrN2O3/c1-13(14-5-3-2-4-6-14)24-12-16(9-15(11-23)21(24)27)20(26)18-10-17(22)7-8-19(18)25/h2-10,12-13,25H,1H3/t13-/m1/s1. The number of hydrogen-bond donors (Lipinski definition) is 1. The highest BCUT2D eigenvalue weighted by atomic mass is 79.9. The lowest BCUT2D eigenvalue weighted by atomic mass is 10.0. The molecule has 1 N–H and O–H groups in total. The van der Waals surface area contributed by atoms with Gasteiger partial charge in [-0.15, -0.1) is 0 Å². The molecule has 134 valence electrons. The van der Waals surface area contributed by atoms with E-state index in [1.807, 2.05) is 43.3 Å². The smallest absolute Gasteiger partial charge is 0.269 e. The van der Waals surface area contributed by atoms with Crippen LogP contribution in [0.25, 0.3) is 0 Å². The van der Waals surface area contributed by atoms with Crippen LogP contribution in [-0.4, -0.2) is 15.5 Å². The van der Waals surface area contributed by atoms with Crippen LogP contribution in [0.5, 0.6) is 5.75 Å². The number of nitrogens with zero attached hydrogens (tertiary/aromatic N) is 2. The molecule has 6 heteroatoms. The first kappa shape index (κ1) is 18.6. The third-order valence-electron chi connectivity index (χ3n) is 4.33. The molecule has 0 unspecified atom stereocenters. The van der Waals surface area contributed by atoms with Gasteiger partial charge in [0.2, 0.25) is 0 Å². The van der Waals surface area contributed by atoms with Crippen LogP contribution in [0.15, 0.2) is 70.1 Å². The minimum Gasteiger partial charge on any atom is -0.507 e. The zero-order valence-corrected chi connectivity index (χ0v) is 16.0. The molecular formula is C21H15BrN2O3. The SMILES string of the molecule is C[C@H](c1ccccc1)n1cc(C(=O)c2cc(Br)ccc2O)cc(C#N)c1=O. The van der Waals surface area contributed by atoms with Gasteiger partial charge in [0, 0.05) is 16.2 Å². The van der Waals surface area contributed by atoms with Crippen molar-refractivity contribution in [2.24, 2.45) is 0 Å². The van der Waals surface area contributed by atoms with E-state index in [9.17, 15) is 20.0 Å². The van der Waals surface area contributed by atoms with Crippen molar-refractivity contribution >= 4 is 21.7 Å². The maximum Gasteiger partial charge on any atom is 0.269 e. The number of ketones is 1. The van der Waals surface area contributed by atoms with Crippen LogP contribution < -0.4 is 5.56 Å². The Labute approximate surface area is 164 Å². The molecule has 1 heterocycles. The van der Waals surface area contributed by atoms with Crippen molar-refractivity contribution in [1.82, 2.24) is 4.57 Å². The molecule has 3 aromatic rings. The fourth-order valence-electron chi connectivity index (χ4n) is 2.83. The van der Waals surface area contributed by atoms with E-state index in [0.717, 1.165) is 5.56 Å². The predicted molar refractivity (Wildman–Crippen MR) is 105 cm³/mol. The van der Waals surface area contributed by atoms with Crippen molar-refractivity contribution in [3.8, 4) is 11.8 Å². The van der Waals surface area contributed by atoms with Gasteiger partial charge in [-0.05, 0) is 36.8 Å². The average molecular weight is 423 g/mol. The molecule has 0 saturated heterocycles. The Morgan fingerprint density at radius 3 is 2.56 bits per heavy atom. The first-order valence-corrected chi connectivity index (χ1v) is 8.96. The number of benzene rings is 2. The molecule has 0 radical (unpaired) electrons. The van der Waals surface area contributed by atoms with Gasteiger partial charge in [-0.1, -0.05) is 46.3 Å². The molecule has 5 nitrogen and oxygen atoms in total. The fourth-order valence-corrected chi connectivity index (χ4v) is 3.19. The van der Waals surface area contributed by atoms with Gasteiger partial charge in [0.15, 0.2) is 5.78 Å². The van der Waals surface area contributed by atoms with Crippen LogP contribution in [0.2, 0.25) is 0 Å². The fraction of sp³-hybridized carbons (Fsp3) is 0.0952. The van der Waals surface area contributed by atoms with Gasteiger partial charge < -0.3 is 9.67 Å². The summed E-state index contributed by atoms with van der Waals surface area (Å²) in [7, 11) is 0. The lowest BCUT2D eigenvalue weighted by Crippen LogP contribution is -2.27. The van der Waals surface area contributed by atoms with E-state index in [1.165, 1.54) is 29.0 Å². The van der Waals surface area contributed by atoms with Gasteiger partial charge in [-0.2, -0.15) is 5.26 Å². The second-order valence-corrected chi connectivity index (χ2v) is 6.96. The number of aromatic hydroxyl groups is 1. The number of phenols is 1. The Hall–Kier alpha value is -3.17. The quantitative estimate of drug-likeness (QED) is 0.643. The number of hydrogen-bond acceptors (Lipinski definition) is 4. The summed E-state index contributed by atoms with van der Waals surface area (Å²) in [6.07, 6.45) is 1.43. The molecule has 0 aliphatic carbocycles. The zero-order valence-electron chi connectivity index (χ0n) is 14.4. The summed E-state index contributed by atoms with van der Waals surface area (Å²) in [4.78, 5) is 25.5. The van der Waals surface area contributed by atoms with Crippen molar-refractivity contribution < 1.29 is 9.90 Å². The summed E-state index contributed by atoms with van der Waals surface area (Å²) in [6, 6.07) is 16.6. The van der Waals surface area contributed by atoms with E-state index in [1.54, 1.807) is 6.07 Å². The predicted octanol–water partition coefficient (Wildman–Crippen LogP) is 4.03. The van der Waals surface area contributed by atoms with Crippen molar-refractivity contribution in [1.29, 1.82) is 5.26 Å². The lowest BCUT2D eigenvalue weighted by molar-refractivity contribution is 0.103. The molecule has 0 amide bonds. The molecule has 0 saturated carbocycles. The number of nitriles is 1. The summed E-state index contributed by atoms with van der Waals surface area (Å²) in [5.74, 6) is -0.644. The summed E-state index contributed by atoms with van der Waals surface area (Å²) in [5.41, 5.74) is 0.522. The van der Waals surface area contributed by atoms with Gasteiger partial charge >= 0.3 is 0 Å². The topological polar surface area (TPSA) is 83.1 Å². The third kappa shape index (κ3) is 3.69. The number of rotatable bonds is 4. The highest BCUT2D eigenvalue weighted by Crippen LogP contribution is 2.25. The van der Waals surface area contributed by atoms with Gasteiger partial charge in [0.05, 0.1) is 11.6 Å². The van der Waals surface area contributed by atoms with Crippen molar-refractivity contribution in [2.75, 3.05) is 0 Å². The van der Waals surface area contributed by atoms with Gasteiger partial charge in [0.25, 0.3) is 5.56 Å². The van der Waals surface area contributed by atoms with Crippen LogP contribution in [0.1, 0.15) is 40.0 Å². The van der Waals surface area contributed by atoms with Crippen molar-refractivity contribution in [3.05, 3.63) is 97.9 Å². The lowest BCUT2D eigenvalue weighted by Gasteiger charge is -2.17. The van der Waals surface area contributed by atoms with E-state index in [2.05, 4.69) is 15.9 Å². The van der Waals surface area contributed by atoms with Crippen molar-refractivity contribution in [3.63, 3.8) is 0 Å². The summed E-state index contributed by atoms with van der Waals surface area (Å²) in [5, 5.41) is 19.4. The Morgan fingerprint density at radius 1 is 1.19 bits per heavy atom. The second-order valence-electron chi connectivity index (χ2n) is 6.04. The average Bonchev–Trinajstić information content (AvgIpc) is 2.69. The highest BCUT2D eigenvalue weighted by Gasteiger charge is 2.19. The van der Waals surface area contributed by atoms with E-state index in [4.69, 9.17) is 0 Å². The van der Waals surface area contributed by atoms with E-state index in [0.29, 0.717) is 4.47 Å². The van der Waals surface area contributed by atoms with Crippen LogP contribution in [0.4, 0.5) is 0 Å². The molecule has 3 rings (SSSR count). The maximum absolute atomic E-state index is 12.9. The number of aromatic nitrogens is 1. The van der Waals surface area contributed by atoms with Crippen LogP contribution in [-0.2, 0) is 0 Å². The highest BCUT2D eigenvalue weighted by molar-refractivity contribution is 9.10. The molecule has 0 fully saturated rings. The molecule has 0 spiro atoms. The molecule has 0 bridgehead atoms. The Kier molecular flexibility index (Phi) is 5.24. The zero-order chi connectivity index (χ0) is 19.6. The van der Waals surface area contributed by atoms with Gasteiger partial charge in [-0.25, -0.2) is 0 Å². The van der Waals surface area contributed by atoms with E-state index < -0.39 is 11.3 Å². The first-order valence-electron chi connectivity index (χ1n) is 8.17. The molecule has 0 aliphatic heterocycles. The molecule has 1 aromatic heterocycles. The monoisotopic (exact) mass is 422 g/mol. The molecule has 0 aliphatic rings. The summed E-state index contributed by atoms with van der Waals surface area (Å²) < 4.78 is 2.01. The van der Waals surface area contributed by atoms with Gasteiger partial charge in [-0.3, -0.25) is 9.59 Å². The largest absolute Gasteiger partial charge is 0.507 e. The second kappa shape index (κ2) is 7.60. The normalized spacial score (nSPS) is 11.6. The van der Waals surface area contributed by atoms with Crippen LogP contribution in [0.3, 0.4) is 0 Å². The minimum atomic E-state index is -0.473. The number of pyridine rings is 1. The first-order chi connectivity index (χ1) is 12.9. The molecule has 2 aromatic carbocycles. The van der Waals surface area contributed by atoms with Gasteiger partial charge in [0.1, 0.15) is 17.4 Å². The van der Waals surface area contributed by atoms with E-state index in [-0.39, 0.29) is 28.5 Å². The molecular weight excluding hydrogens is 408 g/mol. The number of carbonyl (C=O) groups excluding carboxylic acids is 1. The summed E-state index contributed by atoms with van der Waals surface area (Å²) >= 11 is 3.27. The Bertz CT molecular complexity index is 1110. The molecule has 1 atom stereocenters. The number of halogens is 1. The Morgan fingerprint density at radius 2 is 1.89 bits per heavy atom. The number of carbonyl (C=O) groups is 1. The summed E-state index contributed by atoms with van der Waals surface area (Å²) in [6.45, 7) is 1.82. The van der Waals surface area contributed by atoms with Crippen molar-refractivity contribution in [2.45, 2.75) is 13.0 Å². The third-order valence-corrected chi connectivity index (χ3v) is 4.82. The van der Waals surface area contributed by atoms with E-state index >= 15 is 0 Å². The molecule has 27 heavy (non-hydrogen) atoms.